The molecule has 0 aliphatic heterocycles. The lowest BCUT2D eigenvalue weighted by molar-refractivity contribution is -0.870. The highest BCUT2D eigenvalue weighted by atomic mass is 31.2. The first kappa shape index (κ1) is 59.7. The minimum Gasteiger partial charge on any atom is -0.457 e. The van der Waals surface area contributed by atoms with Crippen molar-refractivity contribution in [1.29, 1.82) is 0 Å². The maximum absolute atomic E-state index is 12.7. The van der Waals surface area contributed by atoms with E-state index < -0.39 is 13.9 Å². The van der Waals surface area contributed by atoms with Crippen LogP contribution in [0, 0.1) is 0 Å². The molecule has 0 radical (unpaired) electrons. The van der Waals surface area contributed by atoms with Crippen LogP contribution in [-0.4, -0.2) is 75.6 Å². The summed E-state index contributed by atoms with van der Waals surface area (Å²) in [6, 6.07) is 0. The third-order valence-electron chi connectivity index (χ3n) is 11.2. The summed E-state index contributed by atoms with van der Waals surface area (Å²) in [7, 11) is 1.67. The van der Waals surface area contributed by atoms with E-state index in [1.807, 2.05) is 21.1 Å². The van der Waals surface area contributed by atoms with E-state index in [-0.39, 0.29) is 25.8 Å². The van der Waals surface area contributed by atoms with Gasteiger partial charge in [-0.05, 0) is 70.6 Å². The average Bonchev–Trinajstić information content (AvgIpc) is 3.22. The van der Waals surface area contributed by atoms with Crippen LogP contribution < -0.4 is 0 Å². The maximum Gasteiger partial charge on any atom is 0.472 e. The van der Waals surface area contributed by atoms with Gasteiger partial charge in [0.15, 0.2) is 0 Å². The van der Waals surface area contributed by atoms with Crippen LogP contribution in [0.4, 0.5) is 0 Å². The Bertz CT molecular complexity index is 1070. The molecule has 0 amide bonds. The van der Waals surface area contributed by atoms with Crippen molar-refractivity contribution in [3.8, 4) is 0 Å². The van der Waals surface area contributed by atoms with Crippen LogP contribution >= 0.6 is 7.82 Å². The Morgan fingerprint density at radius 1 is 0.508 bits per heavy atom. The fraction of sp³-hybridized carbons (Fsp3) is 0.865. The first-order chi connectivity index (χ1) is 29.6. The lowest BCUT2D eigenvalue weighted by Gasteiger charge is -2.24. The lowest BCUT2D eigenvalue weighted by atomic mass is 10.1. The second-order valence-corrected chi connectivity index (χ2v) is 20.0. The predicted molar refractivity (Wildman–Crippen MR) is 261 cm³/mol. The van der Waals surface area contributed by atoms with Crippen LogP contribution in [0.25, 0.3) is 0 Å². The number of allylic oxidation sites excluding steroid dienone is 6. The zero-order chi connectivity index (χ0) is 44.8. The van der Waals surface area contributed by atoms with Gasteiger partial charge in [-0.2, -0.15) is 0 Å². The molecular formula is C52H101NO7P+. The van der Waals surface area contributed by atoms with Crippen LogP contribution in [0.15, 0.2) is 36.5 Å². The number of unbranched alkanes of at least 4 members (excludes halogenated alkanes) is 28. The molecule has 0 aromatic heterocycles. The molecule has 0 saturated heterocycles. The molecule has 0 bridgehead atoms. The van der Waals surface area contributed by atoms with Crippen LogP contribution in [0.1, 0.15) is 232 Å². The van der Waals surface area contributed by atoms with Crippen LogP contribution in [0.3, 0.4) is 0 Å². The van der Waals surface area contributed by atoms with Crippen molar-refractivity contribution in [2.24, 2.45) is 0 Å². The van der Waals surface area contributed by atoms with E-state index in [0.29, 0.717) is 24.1 Å². The number of carbonyl (C=O) groups is 1. The molecule has 0 aromatic rings. The third kappa shape index (κ3) is 49.6. The van der Waals surface area contributed by atoms with Gasteiger partial charge in [-0.3, -0.25) is 13.8 Å². The van der Waals surface area contributed by atoms with Gasteiger partial charge in [-0.15, -0.1) is 0 Å². The topological polar surface area (TPSA) is 91.3 Å². The van der Waals surface area contributed by atoms with Crippen molar-refractivity contribution in [2.45, 2.75) is 238 Å². The van der Waals surface area contributed by atoms with Crippen molar-refractivity contribution in [2.75, 3.05) is 54.1 Å². The van der Waals surface area contributed by atoms with Gasteiger partial charge in [-0.1, -0.05) is 192 Å². The van der Waals surface area contributed by atoms with Crippen molar-refractivity contribution < 1.29 is 37.3 Å². The van der Waals surface area contributed by atoms with E-state index >= 15 is 0 Å². The molecule has 2 atom stereocenters. The molecular weight excluding hydrogens is 782 g/mol. The summed E-state index contributed by atoms with van der Waals surface area (Å²) in [4.78, 5) is 23.0. The van der Waals surface area contributed by atoms with Gasteiger partial charge in [-0.25, -0.2) is 4.57 Å². The second kappa shape index (κ2) is 45.3. The van der Waals surface area contributed by atoms with E-state index in [2.05, 4.69) is 50.3 Å². The van der Waals surface area contributed by atoms with E-state index in [0.717, 1.165) is 44.9 Å². The Morgan fingerprint density at radius 3 is 1.38 bits per heavy atom. The third-order valence-corrected chi connectivity index (χ3v) is 12.2. The predicted octanol–water partition coefficient (Wildman–Crippen LogP) is 15.7. The summed E-state index contributed by atoms with van der Waals surface area (Å²) in [5.41, 5.74) is 0. The Balaban J connectivity index is 4.13. The van der Waals surface area contributed by atoms with E-state index in [9.17, 15) is 14.3 Å². The number of nitrogens with zero attached hydrogens (tertiary/aromatic N) is 1. The summed E-state index contributed by atoms with van der Waals surface area (Å²) in [6.45, 7) is 5.62. The molecule has 61 heavy (non-hydrogen) atoms. The molecule has 0 rings (SSSR count). The van der Waals surface area contributed by atoms with Crippen LogP contribution in [0.5, 0.6) is 0 Å². The normalized spacial score (nSPS) is 13.9. The molecule has 0 aliphatic carbocycles. The van der Waals surface area contributed by atoms with Crippen LogP contribution in [0.2, 0.25) is 0 Å². The Morgan fingerprint density at radius 2 is 0.902 bits per heavy atom. The molecule has 8 nitrogen and oxygen atoms in total. The number of esters is 1. The minimum atomic E-state index is -4.28. The summed E-state index contributed by atoms with van der Waals surface area (Å²) in [5, 5.41) is 0. The molecule has 1 N–H and O–H groups in total. The van der Waals surface area contributed by atoms with Gasteiger partial charge in [0, 0.05) is 13.0 Å². The fourth-order valence-corrected chi connectivity index (χ4v) is 7.91. The maximum atomic E-state index is 12.7. The molecule has 0 heterocycles. The summed E-state index contributed by atoms with van der Waals surface area (Å²) < 4.78 is 35.1. The number of phosphoric acid groups is 1. The number of quaternary nitrogens is 1. The summed E-state index contributed by atoms with van der Waals surface area (Å²) >= 11 is 0. The summed E-state index contributed by atoms with van der Waals surface area (Å²) in [5.74, 6) is -0.320. The monoisotopic (exact) mass is 883 g/mol. The molecule has 0 aromatic carbocycles. The van der Waals surface area contributed by atoms with Crippen molar-refractivity contribution >= 4 is 13.8 Å². The highest BCUT2D eigenvalue weighted by Crippen LogP contribution is 2.43. The standard InChI is InChI=1S/C52H100NO7P/c1-6-8-10-12-14-16-18-20-22-24-25-26-27-28-30-32-34-36-38-40-42-44-47-57-49-51(50-59-61(55,56)58-48-46-53(3,4)5)60-52(54)45-43-41-39-37-35-33-31-29-23-21-19-17-15-13-11-9-7-2/h15,17,21,23-25,51H,6-14,16,18-20,22,26-50H2,1-5H3/p+1/b17-15-,23-21-,25-24-. The number of likely N-dealkylation sites (N-methyl/N-ethyl adjacent to an activating group) is 1. The number of hydrogen-bond donors (Lipinski definition) is 1. The molecule has 0 fully saturated rings. The van der Waals surface area contributed by atoms with Gasteiger partial charge in [0.05, 0.1) is 34.4 Å². The van der Waals surface area contributed by atoms with Gasteiger partial charge < -0.3 is 18.9 Å². The highest BCUT2D eigenvalue weighted by Gasteiger charge is 2.26. The SMILES string of the molecule is CCCCC/C=C\C/C=C\CCCCCCCCCC(=O)OC(COCCCCCCCCCCCC/C=C\CCCCCCCCCC)COP(=O)(O)OCC[N+](C)(C)C. The highest BCUT2D eigenvalue weighted by molar-refractivity contribution is 7.47. The average molecular weight is 883 g/mol. The largest absolute Gasteiger partial charge is 0.472 e. The quantitative estimate of drug-likeness (QED) is 0.0214. The zero-order valence-electron chi connectivity index (χ0n) is 40.9. The second-order valence-electron chi connectivity index (χ2n) is 18.5. The number of ether oxygens (including phenoxy) is 2. The summed E-state index contributed by atoms with van der Waals surface area (Å²) in [6.07, 6.45) is 54.7. The fourth-order valence-electron chi connectivity index (χ4n) is 7.17. The van der Waals surface area contributed by atoms with E-state index in [1.54, 1.807) is 0 Å². The molecule has 0 spiro atoms. The van der Waals surface area contributed by atoms with Crippen LogP contribution in [-0.2, 0) is 27.9 Å². The van der Waals surface area contributed by atoms with Gasteiger partial charge in [0.1, 0.15) is 19.3 Å². The van der Waals surface area contributed by atoms with Crippen molar-refractivity contribution in [3.63, 3.8) is 0 Å². The molecule has 360 valence electrons. The van der Waals surface area contributed by atoms with Gasteiger partial charge in [0.25, 0.3) is 0 Å². The number of rotatable bonds is 48. The first-order valence-corrected chi connectivity index (χ1v) is 27.2. The minimum absolute atomic E-state index is 0.0870. The molecule has 0 saturated carbocycles. The molecule has 2 unspecified atom stereocenters. The molecule has 0 aliphatic rings. The Kier molecular flexibility index (Phi) is 44.3. The zero-order valence-corrected chi connectivity index (χ0v) is 41.8. The van der Waals surface area contributed by atoms with Gasteiger partial charge >= 0.3 is 13.8 Å². The smallest absolute Gasteiger partial charge is 0.457 e. The lowest BCUT2D eigenvalue weighted by Crippen LogP contribution is -2.37. The van der Waals surface area contributed by atoms with E-state index in [1.165, 1.54) is 167 Å². The molecule has 9 heteroatoms. The first-order valence-electron chi connectivity index (χ1n) is 25.7. The number of hydrogen-bond acceptors (Lipinski definition) is 6. The Labute approximate surface area is 378 Å². The Hall–Kier alpha value is -1.28. The number of phosphoric ester groups is 1. The van der Waals surface area contributed by atoms with E-state index in [4.69, 9.17) is 18.5 Å². The van der Waals surface area contributed by atoms with Gasteiger partial charge in [0.2, 0.25) is 0 Å². The van der Waals surface area contributed by atoms with Crippen molar-refractivity contribution in [1.82, 2.24) is 0 Å². The van der Waals surface area contributed by atoms with Crippen molar-refractivity contribution in [3.05, 3.63) is 36.5 Å². The number of carbonyl (C=O) groups excluding carboxylic acids is 1.